The summed E-state index contributed by atoms with van der Waals surface area (Å²) in [7, 11) is 0. The van der Waals surface area contributed by atoms with Gasteiger partial charge in [-0.2, -0.15) is 4.98 Å². The summed E-state index contributed by atoms with van der Waals surface area (Å²) >= 11 is 0. The number of nitrogen functional groups attached to an aromatic ring is 1. The third-order valence-corrected chi connectivity index (χ3v) is 3.26. The van der Waals surface area contributed by atoms with Crippen LogP contribution in [-0.2, 0) is 0 Å². The molecule has 1 aliphatic heterocycles. The molecule has 1 aromatic heterocycles. The molecular weight excluding hydrogens is 248 g/mol. The van der Waals surface area contributed by atoms with Gasteiger partial charge in [0.05, 0.1) is 5.52 Å². The number of hydrogen-bond donors (Lipinski definition) is 1. The Balaban J connectivity index is 0.00000120. The second-order valence-corrected chi connectivity index (χ2v) is 4.47. The molecule has 0 saturated carbocycles. The number of halogens is 1. The number of rotatable bonds is 1. The van der Waals surface area contributed by atoms with Crippen molar-refractivity contribution < 1.29 is 0 Å². The highest BCUT2D eigenvalue weighted by Gasteiger charge is 2.14. The lowest BCUT2D eigenvalue weighted by Gasteiger charge is -2.26. The molecule has 0 atom stereocenters. The van der Waals surface area contributed by atoms with E-state index in [9.17, 15) is 0 Å². The Labute approximate surface area is 113 Å². The van der Waals surface area contributed by atoms with Gasteiger partial charge in [-0.25, -0.2) is 4.98 Å². The van der Waals surface area contributed by atoms with Gasteiger partial charge >= 0.3 is 0 Å². The minimum Gasteiger partial charge on any atom is -0.383 e. The Bertz CT molecular complexity index is 538. The van der Waals surface area contributed by atoms with Crippen molar-refractivity contribution in [1.29, 1.82) is 0 Å². The van der Waals surface area contributed by atoms with Crippen LogP contribution in [-0.4, -0.2) is 23.1 Å². The highest BCUT2D eigenvalue weighted by atomic mass is 35.5. The molecule has 2 N–H and O–H groups in total. The van der Waals surface area contributed by atoms with Crippen molar-refractivity contribution in [1.82, 2.24) is 9.97 Å². The van der Waals surface area contributed by atoms with E-state index in [1.165, 1.54) is 19.3 Å². The molecule has 1 fully saturated rings. The molecule has 1 aliphatic rings. The molecule has 0 bridgehead atoms. The van der Waals surface area contributed by atoms with Crippen molar-refractivity contribution in [2.24, 2.45) is 0 Å². The zero-order chi connectivity index (χ0) is 11.7. The Morgan fingerprint density at radius 1 is 1.00 bits per heavy atom. The summed E-state index contributed by atoms with van der Waals surface area (Å²) in [6, 6.07) is 7.89. The van der Waals surface area contributed by atoms with Crippen LogP contribution >= 0.6 is 12.4 Å². The van der Waals surface area contributed by atoms with Gasteiger partial charge in [0, 0.05) is 18.5 Å². The van der Waals surface area contributed by atoms with Gasteiger partial charge < -0.3 is 10.6 Å². The van der Waals surface area contributed by atoms with E-state index >= 15 is 0 Å². The monoisotopic (exact) mass is 264 g/mol. The summed E-state index contributed by atoms with van der Waals surface area (Å²) in [5, 5.41) is 0.938. The lowest BCUT2D eigenvalue weighted by molar-refractivity contribution is 0.569. The molecule has 0 spiro atoms. The summed E-state index contributed by atoms with van der Waals surface area (Å²) in [6.45, 7) is 2.08. The van der Waals surface area contributed by atoms with Crippen LogP contribution in [0.3, 0.4) is 0 Å². The first-order valence-electron chi connectivity index (χ1n) is 6.12. The van der Waals surface area contributed by atoms with Crippen LogP contribution in [0.4, 0.5) is 11.8 Å². The number of nitrogens with zero attached hydrogens (tertiary/aromatic N) is 3. The molecule has 1 aromatic carbocycles. The number of anilines is 2. The third kappa shape index (κ3) is 2.34. The first-order chi connectivity index (χ1) is 8.34. The van der Waals surface area contributed by atoms with E-state index in [0.29, 0.717) is 5.82 Å². The summed E-state index contributed by atoms with van der Waals surface area (Å²) in [5.74, 6) is 1.36. The Morgan fingerprint density at radius 2 is 1.72 bits per heavy atom. The summed E-state index contributed by atoms with van der Waals surface area (Å²) in [6.07, 6.45) is 3.74. The molecule has 0 aliphatic carbocycles. The first-order valence-corrected chi connectivity index (χ1v) is 6.12. The van der Waals surface area contributed by atoms with Crippen molar-refractivity contribution >= 4 is 35.1 Å². The number of hydrogen-bond acceptors (Lipinski definition) is 4. The van der Waals surface area contributed by atoms with Gasteiger partial charge in [-0.05, 0) is 31.4 Å². The van der Waals surface area contributed by atoms with Crippen LogP contribution in [0.15, 0.2) is 24.3 Å². The minimum absolute atomic E-state index is 0. The zero-order valence-corrected chi connectivity index (χ0v) is 11.0. The van der Waals surface area contributed by atoms with E-state index < -0.39 is 0 Å². The van der Waals surface area contributed by atoms with Crippen molar-refractivity contribution in [2.75, 3.05) is 23.7 Å². The van der Waals surface area contributed by atoms with E-state index in [1.807, 2.05) is 24.3 Å². The van der Waals surface area contributed by atoms with Crippen LogP contribution in [0.2, 0.25) is 0 Å². The summed E-state index contributed by atoms with van der Waals surface area (Å²) in [4.78, 5) is 11.2. The van der Waals surface area contributed by atoms with E-state index in [-0.39, 0.29) is 12.4 Å². The maximum Gasteiger partial charge on any atom is 0.227 e. The Hall–Kier alpha value is -1.55. The van der Waals surface area contributed by atoms with E-state index in [0.717, 1.165) is 29.9 Å². The molecule has 0 unspecified atom stereocenters. The fourth-order valence-electron chi connectivity index (χ4n) is 2.32. The molecule has 18 heavy (non-hydrogen) atoms. The van der Waals surface area contributed by atoms with Crippen molar-refractivity contribution in [3.63, 3.8) is 0 Å². The summed E-state index contributed by atoms with van der Waals surface area (Å²) < 4.78 is 0. The molecule has 2 aromatic rings. The lowest BCUT2D eigenvalue weighted by Crippen LogP contribution is -2.31. The molecule has 0 amide bonds. The van der Waals surface area contributed by atoms with E-state index in [2.05, 4.69) is 14.9 Å². The highest BCUT2D eigenvalue weighted by Crippen LogP contribution is 2.22. The molecular formula is C13H17ClN4. The smallest absolute Gasteiger partial charge is 0.227 e. The number of piperidine rings is 1. The second-order valence-electron chi connectivity index (χ2n) is 4.47. The molecule has 4 nitrogen and oxygen atoms in total. The maximum atomic E-state index is 5.99. The molecule has 96 valence electrons. The van der Waals surface area contributed by atoms with Crippen LogP contribution in [0.25, 0.3) is 10.9 Å². The fourth-order valence-corrected chi connectivity index (χ4v) is 2.32. The van der Waals surface area contributed by atoms with E-state index in [4.69, 9.17) is 5.73 Å². The number of aromatic nitrogens is 2. The second kappa shape index (κ2) is 5.40. The average molecular weight is 265 g/mol. The Morgan fingerprint density at radius 3 is 2.50 bits per heavy atom. The molecule has 0 radical (unpaired) electrons. The predicted molar refractivity (Wildman–Crippen MR) is 77.3 cm³/mol. The van der Waals surface area contributed by atoms with E-state index in [1.54, 1.807) is 0 Å². The minimum atomic E-state index is 0. The molecule has 5 heteroatoms. The number of fused-ring (bicyclic) bond motifs is 1. The zero-order valence-electron chi connectivity index (χ0n) is 10.2. The van der Waals surface area contributed by atoms with Gasteiger partial charge in [-0.1, -0.05) is 12.1 Å². The quantitative estimate of drug-likeness (QED) is 0.860. The topological polar surface area (TPSA) is 55.0 Å². The maximum absolute atomic E-state index is 5.99. The number of benzene rings is 1. The van der Waals surface area contributed by atoms with Gasteiger partial charge in [0.15, 0.2) is 0 Å². The lowest BCUT2D eigenvalue weighted by atomic mass is 10.1. The highest BCUT2D eigenvalue weighted by molar-refractivity contribution is 5.88. The summed E-state index contributed by atoms with van der Waals surface area (Å²) in [5.41, 5.74) is 6.92. The van der Waals surface area contributed by atoms with Crippen LogP contribution in [0.1, 0.15) is 19.3 Å². The number of para-hydroxylation sites is 1. The first kappa shape index (κ1) is 12.9. The van der Waals surface area contributed by atoms with Crippen molar-refractivity contribution in [2.45, 2.75) is 19.3 Å². The third-order valence-electron chi connectivity index (χ3n) is 3.26. The normalized spacial score (nSPS) is 15.4. The van der Waals surface area contributed by atoms with Gasteiger partial charge in [-0.15, -0.1) is 12.4 Å². The fraction of sp³-hybridized carbons (Fsp3) is 0.385. The largest absolute Gasteiger partial charge is 0.383 e. The molecule has 1 saturated heterocycles. The van der Waals surface area contributed by atoms with Gasteiger partial charge in [-0.3, -0.25) is 0 Å². The number of nitrogens with two attached hydrogens (primary N) is 1. The van der Waals surface area contributed by atoms with Crippen LogP contribution in [0.5, 0.6) is 0 Å². The predicted octanol–water partition coefficient (Wildman–Crippen LogP) is 2.62. The van der Waals surface area contributed by atoms with Crippen molar-refractivity contribution in [3.8, 4) is 0 Å². The molecule has 2 heterocycles. The van der Waals surface area contributed by atoms with Crippen molar-refractivity contribution in [3.05, 3.63) is 24.3 Å². The van der Waals surface area contributed by atoms with Gasteiger partial charge in [0.25, 0.3) is 0 Å². The van der Waals surface area contributed by atoms with Gasteiger partial charge in [0.2, 0.25) is 5.95 Å². The molecule has 3 rings (SSSR count). The Kier molecular flexibility index (Phi) is 3.87. The average Bonchev–Trinajstić information content (AvgIpc) is 2.40. The van der Waals surface area contributed by atoms with Crippen LogP contribution in [0, 0.1) is 0 Å². The van der Waals surface area contributed by atoms with Crippen LogP contribution < -0.4 is 10.6 Å². The standard InChI is InChI=1S/C13H16N4.ClH/c14-12-10-6-2-3-7-11(10)15-13(16-12)17-8-4-1-5-9-17;/h2-3,6-7H,1,4-5,8-9H2,(H2,14,15,16);1H. The SMILES string of the molecule is Cl.Nc1nc(N2CCCCC2)nc2ccccc12. The van der Waals surface area contributed by atoms with Gasteiger partial charge in [0.1, 0.15) is 5.82 Å².